The molecule has 1 aliphatic rings. The second-order valence-corrected chi connectivity index (χ2v) is 4.52. The van der Waals surface area contributed by atoms with Gasteiger partial charge in [-0.3, -0.25) is 4.90 Å². The number of amides is 2. The van der Waals surface area contributed by atoms with E-state index in [1.54, 1.807) is 0 Å². The standard InChI is InChI=1S/C12H11F3N2O4/c13-7-3-6(4-8(14)10(7)15)9-5-16(11(18)19)1-2-17(9)12(20)21/h3-4,9H,1-2,5H2,(H,18,19)(H,20,21). The number of carboxylic acid groups (broad SMARTS) is 2. The fourth-order valence-electron chi connectivity index (χ4n) is 2.24. The van der Waals surface area contributed by atoms with Crippen LogP contribution >= 0.6 is 0 Å². The van der Waals surface area contributed by atoms with Crippen molar-refractivity contribution < 1.29 is 33.0 Å². The first-order chi connectivity index (χ1) is 9.81. The van der Waals surface area contributed by atoms with Gasteiger partial charge in [-0.05, 0) is 17.7 Å². The number of nitrogens with zero attached hydrogens (tertiary/aromatic N) is 2. The number of halogens is 3. The number of benzene rings is 1. The van der Waals surface area contributed by atoms with Crippen LogP contribution in [0.15, 0.2) is 12.1 Å². The molecule has 1 heterocycles. The van der Waals surface area contributed by atoms with Crippen LogP contribution in [0.2, 0.25) is 0 Å². The minimum atomic E-state index is -1.66. The summed E-state index contributed by atoms with van der Waals surface area (Å²) in [6.45, 7) is -0.483. The zero-order valence-electron chi connectivity index (χ0n) is 10.6. The third-order valence-corrected chi connectivity index (χ3v) is 3.29. The van der Waals surface area contributed by atoms with Crippen molar-refractivity contribution in [2.45, 2.75) is 6.04 Å². The lowest BCUT2D eigenvalue weighted by Crippen LogP contribution is -2.51. The summed E-state index contributed by atoms with van der Waals surface area (Å²) in [6, 6.07) is 0.242. The third-order valence-electron chi connectivity index (χ3n) is 3.29. The predicted octanol–water partition coefficient (Wildman–Crippen LogP) is 2.12. The van der Waals surface area contributed by atoms with Gasteiger partial charge in [0.2, 0.25) is 0 Å². The molecule has 1 saturated heterocycles. The summed E-state index contributed by atoms with van der Waals surface area (Å²) in [7, 11) is 0. The molecule has 1 aliphatic heterocycles. The van der Waals surface area contributed by atoms with E-state index in [0.29, 0.717) is 12.1 Å². The maximum Gasteiger partial charge on any atom is 0.407 e. The van der Waals surface area contributed by atoms with Crippen molar-refractivity contribution in [1.29, 1.82) is 0 Å². The third kappa shape index (κ3) is 2.86. The van der Waals surface area contributed by atoms with Gasteiger partial charge in [0.15, 0.2) is 17.5 Å². The van der Waals surface area contributed by atoms with Crippen LogP contribution in [0, 0.1) is 17.5 Å². The van der Waals surface area contributed by atoms with Gasteiger partial charge in [-0.15, -0.1) is 0 Å². The SMILES string of the molecule is O=C(O)N1CCN(C(=O)O)C(c2cc(F)c(F)c(F)c2)C1. The second kappa shape index (κ2) is 5.51. The van der Waals surface area contributed by atoms with Crippen molar-refractivity contribution in [3.8, 4) is 0 Å². The Morgan fingerprint density at radius 2 is 1.62 bits per heavy atom. The summed E-state index contributed by atoms with van der Waals surface area (Å²) in [5.74, 6) is -4.57. The molecule has 0 aliphatic carbocycles. The first-order valence-electron chi connectivity index (χ1n) is 5.93. The van der Waals surface area contributed by atoms with Gasteiger partial charge < -0.3 is 15.1 Å². The van der Waals surface area contributed by atoms with Gasteiger partial charge in [0.1, 0.15) is 0 Å². The summed E-state index contributed by atoms with van der Waals surface area (Å²) < 4.78 is 39.5. The van der Waals surface area contributed by atoms with E-state index in [4.69, 9.17) is 10.2 Å². The smallest absolute Gasteiger partial charge is 0.407 e. The van der Waals surface area contributed by atoms with Crippen molar-refractivity contribution in [2.75, 3.05) is 19.6 Å². The van der Waals surface area contributed by atoms with Gasteiger partial charge in [-0.2, -0.15) is 0 Å². The fourth-order valence-corrected chi connectivity index (χ4v) is 2.24. The molecule has 0 saturated carbocycles. The van der Waals surface area contributed by atoms with Crippen LogP contribution in [-0.2, 0) is 0 Å². The number of rotatable bonds is 1. The number of carbonyl (C=O) groups is 2. The first kappa shape index (κ1) is 14.9. The highest BCUT2D eigenvalue weighted by Crippen LogP contribution is 2.28. The van der Waals surface area contributed by atoms with Crippen molar-refractivity contribution in [2.24, 2.45) is 0 Å². The molecule has 6 nitrogen and oxygen atoms in total. The highest BCUT2D eigenvalue weighted by molar-refractivity contribution is 5.68. The molecule has 0 radical (unpaired) electrons. The van der Waals surface area contributed by atoms with Crippen molar-refractivity contribution in [3.05, 3.63) is 35.1 Å². The summed E-state index contributed by atoms with van der Waals surface area (Å²) >= 11 is 0. The van der Waals surface area contributed by atoms with Crippen LogP contribution in [0.5, 0.6) is 0 Å². The van der Waals surface area contributed by atoms with E-state index < -0.39 is 35.7 Å². The Morgan fingerprint density at radius 3 is 2.10 bits per heavy atom. The molecule has 1 unspecified atom stereocenters. The zero-order valence-corrected chi connectivity index (χ0v) is 10.6. The van der Waals surface area contributed by atoms with E-state index in [1.165, 1.54) is 0 Å². The van der Waals surface area contributed by atoms with E-state index in [1.807, 2.05) is 0 Å². The van der Waals surface area contributed by atoms with Gasteiger partial charge in [-0.1, -0.05) is 0 Å². The molecule has 2 N–H and O–H groups in total. The lowest BCUT2D eigenvalue weighted by Gasteiger charge is -2.38. The average molecular weight is 304 g/mol. The van der Waals surface area contributed by atoms with Crippen LogP contribution in [0.25, 0.3) is 0 Å². The summed E-state index contributed by atoms with van der Waals surface area (Å²) in [4.78, 5) is 23.9. The van der Waals surface area contributed by atoms with Crippen molar-refractivity contribution >= 4 is 12.2 Å². The molecular weight excluding hydrogens is 293 g/mol. The van der Waals surface area contributed by atoms with Gasteiger partial charge in [0.05, 0.1) is 6.04 Å². The largest absolute Gasteiger partial charge is 0.465 e. The highest BCUT2D eigenvalue weighted by Gasteiger charge is 2.34. The molecule has 0 spiro atoms. The minimum absolute atomic E-state index is 0.0513. The van der Waals surface area contributed by atoms with E-state index in [9.17, 15) is 22.8 Å². The fraction of sp³-hybridized carbons (Fsp3) is 0.333. The van der Waals surface area contributed by atoms with E-state index in [2.05, 4.69) is 0 Å². The van der Waals surface area contributed by atoms with E-state index in [-0.39, 0.29) is 25.2 Å². The Labute approximate surface area is 117 Å². The van der Waals surface area contributed by atoms with Gasteiger partial charge in [0, 0.05) is 19.6 Å². The molecular formula is C12H11F3N2O4. The normalized spacial score (nSPS) is 18.7. The molecule has 0 bridgehead atoms. The van der Waals surface area contributed by atoms with Gasteiger partial charge >= 0.3 is 12.2 Å². The summed E-state index contributed by atoms with van der Waals surface area (Å²) in [5, 5.41) is 18.0. The Morgan fingerprint density at radius 1 is 1.05 bits per heavy atom. The molecule has 9 heteroatoms. The zero-order chi connectivity index (χ0) is 15.7. The maximum atomic E-state index is 13.3. The van der Waals surface area contributed by atoms with Crippen LogP contribution in [0.3, 0.4) is 0 Å². The summed E-state index contributed by atoms with van der Waals surface area (Å²) in [6.07, 6.45) is -2.62. The van der Waals surface area contributed by atoms with Crippen LogP contribution in [0.4, 0.5) is 22.8 Å². The molecule has 2 rings (SSSR count). The molecule has 1 atom stereocenters. The average Bonchev–Trinajstić information content (AvgIpc) is 2.43. The van der Waals surface area contributed by atoms with Crippen molar-refractivity contribution in [3.63, 3.8) is 0 Å². The van der Waals surface area contributed by atoms with Crippen LogP contribution < -0.4 is 0 Å². The topological polar surface area (TPSA) is 81.1 Å². The minimum Gasteiger partial charge on any atom is -0.465 e. The van der Waals surface area contributed by atoms with Crippen LogP contribution in [0.1, 0.15) is 11.6 Å². The molecule has 21 heavy (non-hydrogen) atoms. The molecule has 114 valence electrons. The molecule has 1 aromatic rings. The van der Waals surface area contributed by atoms with E-state index in [0.717, 1.165) is 9.80 Å². The molecule has 1 aromatic carbocycles. The molecule has 2 amide bonds. The second-order valence-electron chi connectivity index (χ2n) is 4.52. The number of hydrogen-bond acceptors (Lipinski definition) is 2. The number of piperazine rings is 1. The van der Waals surface area contributed by atoms with E-state index >= 15 is 0 Å². The monoisotopic (exact) mass is 304 g/mol. The van der Waals surface area contributed by atoms with Gasteiger partial charge in [-0.25, -0.2) is 22.8 Å². The lowest BCUT2D eigenvalue weighted by atomic mass is 10.0. The molecule has 0 aromatic heterocycles. The molecule has 1 fully saturated rings. The van der Waals surface area contributed by atoms with Gasteiger partial charge in [0.25, 0.3) is 0 Å². The Bertz CT molecular complexity index is 573. The maximum absolute atomic E-state index is 13.3. The Balaban J connectivity index is 2.40. The Hall–Kier alpha value is -2.45. The number of hydrogen-bond donors (Lipinski definition) is 2. The highest BCUT2D eigenvalue weighted by atomic mass is 19.2. The summed E-state index contributed by atoms with van der Waals surface area (Å²) in [5.41, 5.74) is -0.139. The first-order valence-corrected chi connectivity index (χ1v) is 5.93. The Kier molecular flexibility index (Phi) is 3.92. The van der Waals surface area contributed by atoms with Crippen molar-refractivity contribution in [1.82, 2.24) is 9.80 Å². The lowest BCUT2D eigenvalue weighted by molar-refractivity contribution is 0.0633. The van der Waals surface area contributed by atoms with Crippen LogP contribution in [-0.4, -0.2) is 51.8 Å². The predicted molar refractivity (Wildman–Crippen MR) is 63.4 cm³/mol. The quantitative estimate of drug-likeness (QED) is 0.779.